The predicted octanol–water partition coefficient (Wildman–Crippen LogP) is 2.26. The van der Waals surface area contributed by atoms with Crippen molar-refractivity contribution in [1.29, 1.82) is 5.26 Å². The molecule has 1 aromatic rings. The Hall–Kier alpha value is -1.53. The van der Waals surface area contributed by atoms with Crippen LogP contribution in [-0.4, -0.2) is 12.1 Å². The van der Waals surface area contributed by atoms with E-state index >= 15 is 0 Å². The molecule has 3 nitrogen and oxygen atoms in total. The third kappa shape index (κ3) is 3.56. The van der Waals surface area contributed by atoms with Crippen molar-refractivity contribution >= 4 is 0 Å². The molecule has 1 rings (SSSR count). The number of nitrogens with zero attached hydrogens (tertiary/aromatic N) is 1. The number of benzene rings is 1. The van der Waals surface area contributed by atoms with Crippen LogP contribution in [0, 0.1) is 11.3 Å². The molecule has 0 saturated carbocycles. The van der Waals surface area contributed by atoms with Crippen molar-refractivity contribution in [3.63, 3.8) is 0 Å². The minimum Gasteiger partial charge on any atom is -0.493 e. The van der Waals surface area contributed by atoms with Crippen molar-refractivity contribution in [2.75, 3.05) is 6.61 Å². The first-order valence-corrected chi connectivity index (χ1v) is 5.50. The molecule has 0 radical (unpaired) electrons. The van der Waals surface area contributed by atoms with Crippen molar-refractivity contribution in [3.8, 4) is 11.8 Å². The highest BCUT2D eigenvalue weighted by molar-refractivity contribution is 5.33. The summed E-state index contributed by atoms with van der Waals surface area (Å²) < 4.78 is 5.63. The van der Waals surface area contributed by atoms with Crippen LogP contribution >= 0.6 is 0 Å². The van der Waals surface area contributed by atoms with Crippen LogP contribution in [0.15, 0.2) is 24.3 Å². The second kappa shape index (κ2) is 5.53. The van der Waals surface area contributed by atoms with Crippen LogP contribution in [0.3, 0.4) is 0 Å². The van der Waals surface area contributed by atoms with Crippen LogP contribution < -0.4 is 10.5 Å². The van der Waals surface area contributed by atoms with E-state index < -0.39 is 5.54 Å². The molecule has 3 heteroatoms. The Morgan fingerprint density at radius 2 is 2.12 bits per heavy atom. The van der Waals surface area contributed by atoms with Gasteiger partial charge in [-0.1, -0.05) is 25.1 Å². The SMILES string of the molecule is CCc1ccccc1OCCC(C)(N)C#N. The van der Waals surface area contributed by atoms with Crippen LogP contribution in [0.4, 0.5) is 0 Å². The van der Waals surface area contributed by atoms with E-state index in [1.807, 2.05) is 24.3 Å². The maximum atomic E-state index is 8.76. The summed E-state index contributed by atoms with van der Waals surface area (Å²) in [7, 11) is 0. The number of aryl methyl sites for hydroxylation is 1. The number of nitriles is 1. The highest BCUT2D eigenvalue weighted by Crippen LogP contribution is 2.19. The molecular formula is C13H18N2O. The minimum atomic E-state index is -0.804. The number of hydrogen-bond acceptors (Lipinski definition) is 3. The van der Waals surface area contributed by atoms with E-state index in [4.69, 9.17) is 15.7 Å². The fourth-order valence-corrected chi connectivity index (χ4v) is 1.37. The number of hydrogen-bond donors (Lipinski definition) is 1. The zero-order valence-electron chi connectivity index (χ0n) is 9.86. The van der Waals surface area contributed by atoms with E-state index in [2.05, 4.69) is 13.0 Å². The molecule has 86 valence electrons. The number of nitrogens with two attached hydrogens (primary N) is 1. The summed E-state index contributed by atoms with van der Waals surface area (Å²) in [5, 5.41) is 8.76. The Labute approximate surface area is 96.8 Å². The summed E-state index contributed by atoms with van der Waals surface area (Å²) in [6.45, 7) is 4.27. The van der Waals surface area contributed by atoms with Crippen LogP contribution in [0.1, 0.15) is 25.8 Å². The Morgan fingerprint density at radius 1 is 1.44 bits per heavy atom. The molecule has 0 aliphatic carbocycles. The van der Waals surface area contributed by atoms with Gasteiger partial charge in [0.05, 0.1) is 12.7 Å². The number of para-hydroxylation sites is 1. The smallest absolute Gasteiger partial charge is 0.122 e. The summed E-state index contributed by atoms with van der Waals surface area (Å²) in [4.78, 5) is 0. The van der Waals surface area contributed by atoms with Gasteiger partial charge in [-0.2, -0.15) is 5.26 Å². The van der Waals surface area contributed by atoms with Crippen molar-refractivity contribution in [3.05, 3.63) is 29.8 Å². The summed E-state index contributed by atoms with van der Waals surface area (Å²) in [5.41, 5.74) is 6.08. The van der Waals surface area contributed by atoms with Crippen molar-refractivity contribution in [1.82, 2.24) is 0 Å². The van der Waals surface area contributed by atoms with E-state index in [1.54, 1.807) is 6.92 Å². The zero-order valence-corrected chi connectivity index (χ0v) is 9.86. The molecule has 2 N–H and O–H groups in total. The van der Waals surface area contributed by atoms with E-state index in [9.17, 15) is 0 Å². The molecule has 0 bridgehead atoms. The molecule has 1 unspecified atom stereocenters. The molecule has 0 aliphatic heterocycles. The van der Waals surface area contributed by atoms with Crippen molar-refractivity contribution < 1.29 is 4.74 Å². The van der Waals surface area contributed by atoms with Gasteiger partial charge in [-0.25, -0.2) is 0 Å². The highest BCUT2D eigenvalue weighted by atomic mass is 16.5. The molecule has 0 saturated heterocycles. The average molecular weight is 218 g/mol. The van der Waals surface area contributed by atoms with Crippen molar-refractivity contribution in [2.45, 2.75) is 32.2 Å². The van der Waals surface area contributed by atoms with E-state index in [0.29, 0.717) is 13.0 Å². The molecule has 1 aromatic carbocycles. The molecule has 1 atom stereocenters. The quantitative estimate of drug-likeness (QED) is 0.824. The Bertz CT molecular complexity index is 380. The van der Waals surface area contributed by atoms with Crippen LogP contribution in [0.2, 0.25) is 0 Å². The summed E-state index contributed by atoms with van der Waals surface area (Å²) in [6.07, 6.45) is 1.47. The van der Waals surface area contributed by atoms with Crippen molar-refractivity contribution in [2.24, 2.45) is 5.73 Å². The minimum absolute atomic E-state index is 0.470. The zero-order chi connectivity index (χ0) is 12.0. The molecule has 16 heavy (non-hydrogen) atoms. The standard InChI is InChI=1S/C13H18N2O/c1-3-11-6-4-5-7-12(11)16-9-8-13(2,15)10-14/h4-7H,3,8-9,15H2,1-2H3. The third-order valence-electron chi connectivity index (χ3n) is 2.49. The average Bonchev–Trinajstić information content (AvgIpc) is 2.29. The fraction of sp³-hybridized carbons (Fsp3) is 0.462. The van der Waals surface area contributed by atoms with Gasteiger partial charge in [-0.3, -0.25) is 0 Å². The third-order valence-corrected chi connectivity index (χ3v) is 2.49. The van der Waals surface area contributed by atoms with Crippen LogP contribution in [0.5, 0.6) is 5.75 Å². The second-order valence-electron chi connectivity index (χ2n) is 4.09. The van der Waals surface area contributed by atoms with E-state index in [1.165, 1.54) is 5.56 Å². The predicted molar refractivity (Wildman–Crippen MR) is 64.1 cm³/mol. The molecule has 0 heterocycles. The monoisotopic (exact) mass is 218 g/mol. The Morgan fingerprint density at radius 3 is 2.75 bits per heavy atom. The first-order chi connectivity index (χ1) is 7.59. The molecule has 0 amide bonds. The first kappa shape index (κ1) is 12.5. The highest BCUT2D eigenvalue weighted by Gasteiger charge is 2.17. The largest absolute Gasteiger partial charge is 0.493 e. The second-order valence-corrected chi connectivity index (χ2v) is 4.09. The summed E-state index contributed by atoms with van der Waals surface area (Å²) >= 11 is 0. The van der Waals surface area contributed by atoms with E-state index in [-0.39, 0.29) is 0 Å². The molecule has 0 aliphatic rings. The van der Waals surface area contributed by atoms with Gasteiger partial charge in [0.15, 0.2) is 0 Å². The van der Waals surface area contributed by atoms with Gasteiger partial charge in [-0.05, 0) is 25.0 Å². The topological polar surface area (TPSA) is 59.0 Å². The van der Waals surface area contributed by atoms with Gasteiger partial charge >= 0.3 is 0 Å². The van der Waals surface area contributed by atoms with Gasteiger partial charge in [-0.15, -0.1) is 0 Å². The molecule has 0 fully saturated rings. The maximum absolute atomic E-state index is 8.76. The lowest BCUT2D eigenvalue weighted by molar-refractivity contribution is 0.284. The molecule has 0 spiro atoms. The summed E-state index contributed by atoms with van der Waals surface area (Å²) in [5.74, 6) is 0.888. The van der Waals surface area contributed by atoms with E-state index in [0.717, 1.165) is 12.2 Å². The number of rotatable bonds is 5. The lowest BCUT2D eigenvalue weighted by Crippen LogP contribution is -2.35. The fourth-order valence-electron chi connectivity index (χ4n) is 1.37. The summed E-state index contributed by atoms with van der Waals surface area (Å²) in [6, 6.07) is 9.98. The molecule has 0 aromatic heterocycles. The Kier molecular flexibility index (Phi) is 4.33. The van der Waals surface area contributed by atoms with Gasteiger partial charge in [0, 0.05) is 6.42 Å². The lowest BCUT2D eigenvalue weighted by atomic mass is 10.0. The lowest BCUT2D eigenvalue weighted by Gasteiger charge is -2.16. The van der Waals surface area contributed by atoms with Gasteiger partial charge in [0.2, 0.25) is 0 Å². The number of ether oxygens (including phenoxy) is 1. The molecular weight excluding hydrogens is 200 g/mol. The van der Waals surface area contributed by atoms with Crippen LogP contribution in [0.25, 0.3) is 0 Å². The first-order valence-electron chi connectivity index (χ1n) is 5.50. The maximum Gasteiger partial charge on any atom is 0.122 e. The van der Waals surface area contributed by atoms with Crippen LogP contribution in [-0.2, 0) is 6.42 Å². The van der Waals surface area contributed by atoms with Gasteiger partial charge in [0.1, 0.15) is 11.3 Å². The van der Waals surface area contributed by atoms with Gasteiger partial charge < -0.3 is 10.5 Å². The van der Waals surface area contributed by atoms with Gasteiger partial charge in [0.25, 0.3) is 0 Å². The normalized spacial score (nSPS) is 13.9. The Balaban J connectivity index is 2.53.